The maximum absolute atomic E-state index is 13.8. The van der Waals surface area contributed by atoms with E-state index >= 15 is 0 Å². The predicted molar refractivity (Wildman–Crippen MR) is 110 cm³/mol. The largest absolute Gasteiger partial charge is 0.353 e. The minimum absolute atomic E-state index is 0.0887. The van der Waals surface area contributed by atoms with Crippen molar-refractivity contribution < 1.29 is 9.18 Å². The third kappa shape index (κ3) is 5.99. The fourth-order valence-electron chi connectivity index (χ4n) is 3.05. The highest BCUT2D eigenvalue weighted by Crippen LogP contribution is 2.30. The van der Waals surface area contributed by atoms with Gasteiger partial charge >= 0.3 is 0 Å². The summed E-state index contributed by atoms with van der Waals surface area (Å²) in [5.41, 5.74) is 0.593. The lowest BCUT2D eigenvalue weighted by molar-refractivity contribution is -0.116. The quantitative estimate of drug-likeness (QED) is 0.585. The first-order valence-corrected chi connectivity index (χ1v) is 10.1. The fourth-order valence-corrected chi connectivity index (χ4v) is 3.99. The first-order valence-electron chi connectivity index (χ1n) is 9.33. The minimum Gasteiger partial charge on any atom is -0.353 e. The number of rotatable bonds is 7. The summed E-state index contributed by atoms with van der Waals surface area (Å²) in [5, 5.41) is 2.93. The van der Waals surface area contributed by atoms with Gasteiger partial charge in [-0.2, -0.15) is 0 Å². The van der Waals surface area contributed by atoms with E-state index in [2.05, 4.69) is 22.2 Å². The van der Waals surface area contributed by atoms with E-state index < -0.39 is 0 Å². The molecule has 0 unspecified atom stereocenters. The van der Waals surface area contributed by atoms with Crippen molar-refractivity contribution in [2.45, 2.75) is 6.42 Å². The summed E-state index contributed by atoms with van der Waals surface area (Å²) in [7, 11) is 2.15. The molecule has 2 heterocycles. The van der Waals surface area contributed by atoms with Gasteiger partial charge in [-0.3, -0.25) is 4.79 Å². The van der Waals surface area contributed by atoms with Crippen molar-refractivity contribution in [2.24, 2.45) is 0 Å². The van der Waals surface area contributed by atoms with Gasteiger partial charge in [-0.15, -0.1) is 11.3 Å². The highest BCUT2D eigenvalue weighted by molar-refractivity contribution is 7.16. The average Bonchev–Trinajstić information content (AvgIpc) is 3.14. The Morgan fingerprint density at radius 3 is 2.74 bits per heavy atom. The van der Waals surface area contributed by atoms with Gasteiger partial charge in [0.2, 0.25) is 5.91 Å². The lowest BCUT2D eigenvalue weighted by Gasteiger charge is -2.32. The molecule has 4 nitrogen and oxygen atoms in total. The number of likely N-dealkylation sites (N-methyl/N-ethyl adjacent to an activating group) is 1. The summed E-state index contributed by atoms with van der Waals surface area (Å²) in [4.78, 5) is 18.5. The zero-order valence-electron chi connectivity index (χ0n) is 15.7. The molecule has 27 heavy (non-hydrogen) atoms. The Morgan fingerprint density at radius 2 is 1.96 bits per heavy atom. The number of hydrogen-bond acceptors (Lipinski definition) is 4. The van der Waals surface area contributed by atoms with Gasteiger partial charge in [0.25, 0.3) is 0 Å². The van der Waals surface area contributed by atoms with E-state index in [0.717, 1.165) is 48.9 Å². The molecule has 1 N–H and O–H groups in total. The van der Waals surface area contributed by atoms with E-state index in [9.17, 15) is 9.18 Å². The molecule has 1 aromatic heterocycles. The number of carbonyl (C=O) groups excluding carboxylic acids is 1. The number of halogens is 1. The molecule has 1 saturated heterocycles. The molecule has 1 amide bonds. The molecule has 2 aromatic rings. The number of piperazine rings is 1. The topological polar surface area (TPSA) is 35.6 Å². The van der Waals surface area contributed by atoms with Crippen LogP contribution in [-0.2, 0) is 4.79 Å². The molecule has 0 atom stereocenters. The van der Waals surface area contributed by atoms with E-state index in [4.69, 9.17) is 0 Å². The van der Waals surface area contributed by atoms with Crippen molar-refractivity contribution in [3.05, 3.63) is 53.2 Å². The second-order valence-electron chi connectivity index (χ2n) is 6.80. The molecule has 0 spiro atoms. The van der Waals surface area contributed by atoms with E-state index in [1.54, 1.807) is 24.3 Å². The molecule has 1 fully saturated rings. The lowest BCUT2D eigenvalue weighted by atomic mass is 10.2. The van der Waals surface area contributed by atoms with Crippen LogP contribution in [0.5, 0.6) is 0 Å². The van der Waals surface area contributed by atoms with Crippen LogP contribution < -0.4 is 5.32 Å². The summed E-state index contributed by atoms with van der Waals surface area (Å²) in [6.45, 7) is 6.14. The number of benzene rings is 1. The van der Waals surface area contributed by atoms with Gasteiger partial charge in [0, 0.05) is 54.1 Å². The van der Waals surface area contributed by atoms with Crippen molar-refractivity contribution in [3.63, 3.8) is 0 Å². The van der Waals surface area contributed by atoms with Crippen LogP contribution in [0.1, 0.15) is 11.3 Å². The smallest absolute Gasteiger partial charge is 0.244 e. The third-order valence-electron chi connectivity index (χ3n) is 4.71. The second-order valence-corrected chi connectivity index (χ2v) is 7.92. The van der Waals surface area contributed by atoms with Crippen LogP contribution in [0, 0.1) is 5.82 Å². The van der Waals surface area contributed by atoms with Crippen LogP contribution in [-0.4, -0.2) is 62.0 Å². The van der Waals surface area contributed by atoms with Crippen molar-refractivity contribution >= 4 is 23.3 Å². The number of hydrogen-bond donors (Lipinski definition) is 1. The van der Waals surface area contributed by atoms with Crippen molar-refractivity contribution in [2.75, 3.05) is 46.3 Å². The molecule has 0 saturated carbocycles. The van der Waals surface area contributed by atoms with Gasteiger partial charge in [0.05, 0.1) is 0 Å². The fraction of sp³-hybridized carbons (Fsp3) is 0.381. The number of thiophene rings is 1. The molecule has 1 aliphatic rings. The summed E-state index contributed by atoms with van der Waals surface area (Å²) < 4.78 is 13.8. The number of amides is 1. The highest BCUT2D eigenvalue weighted by atomic mass is 32.1. The Kier molecular flexibility index (Phi) is 7.15. The molecular formula is C21H26FN3OS. The standard InChI is InChI=1S/C21H26FN3OS/c1-24-13-15-25(16-14-24)12-4-11-23-21(26)10-8-17-7-9-20(27-17)18-5-2-3-6-19(18)22/h2-3,5-10H,4,11-16H2,1H3,(H,23,26). The van der Waals surface area contributed by atoms with Gasteiger partial charge in [-0.1, -0.05) is 18.2 Å². The van der Waals surface area contributed by atoms with E-state index in [1.165, 1.54) is 17.4 Å². The van der Waals surface area contributed by atoms with Crippen LogP contribution in [0.4, 0.5) is 4.39 Å². The monoisotopic (exact) mass is 387 g/mol. The molecule has 0 aliphatic carbocycles. The summed E-state index contributed by atoms with van der Waals surface area (Å²) in [6, 6.07) is 10.5. The van der Waals surface area contributed by atoms with Gasteiger partial charge in [-0.05, 0) is 44.3 Å². The first-order chi connectivity index (χ1) is 13.1. The average molecular weight is 388 g/mol. The zero-order chi connectivity index (χ0) is 19.1. The van der Waals surface area contributed by atoms with E-state index in [-0.39, 0.29) is 11.7 Å². The molecule has 0 bridgehead atoms. The zero-order valence-corrected chi connectivity index (χ0v) is 16.5. The Labute approximate surface area is 164 Å². The molecule has 0 radical (unpaired) electrons. The highest BCUT2D eigenvalue weighted by Gasteiger charge is 2.12. The van der Waals surface area contributed by atoms with Crippen molar-refractivity contribution in [1.29, 1.82) is 0 Å². The Morgan fingerprint density at radius 1 is 1.19 bits per heavy atom. The van der Waals surface area contributed by atoms with Crippen LogP contribution in [0.15, 0.2) is 42.5 Å². The number of carbonyl (C=O) groups is 1. The van der Waals surface area contributed by atoms with Crippen LogP contribution in [0.2, 0.25) is 0 Å². The predicted octanol–water partition coefficient (Wildman–Crippen LogP) is 3.32. The molecule has 6 heteroatoms. The molecule has 144 valence electrons. The molecule has 1 aromatic carbocycles. The van der Waals surface area contributed by atoms with Gasteiger partial charge in [-0.25, -0.2) is 4.39 Å². The van der Waals surface area contributed by atoms with Crippen LogP contribution >= 0.6 is 11.3 Å². The Hall–Kier alpha value is -2.02. The van der Waals surface area contributed by atoms with E-state index in [1.807, 2.05) is 18.2 Å². The van der Waals surface area contributed by atoms with Gasteiger partial charge < -0.3 is 15.1 Å². The lowest BCUT2D eigenvalue weighted by Crippen LogP contribution is -2.45. The van der Waals surface area contributed by atoms with E-state index in [0.29, 0.717) is 12.1 Å². The maximum Gasteiger partial charge on any atom is 0.244 e. The SMILES string of the molecule is CN1CCN(CCCNC(=O)C=Cc2ccc(-c3ccccc3F)s2)CC1. The normalized spacial score (nSPS) is 16.1. The Balaban J connectivity index is 1.40. The summed E-state index contributed by atoms with van der Waals surface area (Å²) in [5.74, 6) is -0.317. The number of nitrogens with zero attached hydrogens (tertiary/aromatic N) is 2. The second kappa shape index (κ2) is 9.78. The van der Waals surface area contributed by atoms with Gasteiger partial charge in [0.15, 0.2) is 0 Å². The number of nitrogens with one attached hydrogen (secondary N) is 1. The maximum atomic E-state index is 13.8. The molecular weight excluding hydrogens is 361 g/mol. The summed E-state index contributed by atoms with van der Waals surface area (Å²) >= 11 is 1.47. The molecule has 3 rings (SSSR count). The van der Waals surface area contributed by atoms with Crippen LogP contribution in [0.25, 0.3) is 16.5 Å². The minimum atomic E-state index is -0.229. The first kappa shape index (κ1) is 19.7. The third-order valence-corrected chi connectivity index (χ3v) is 5.80. The van der Waals surface area contributed by atoms with Crippen LogP contribution in [0.3, 0.4) is 0 Å². The Bertz CT molecular complexity index is 781. The van der Waals surface area contributed by atoms with Crippen molar-refractivity contribution in [3.8, 4) is 10.4 Å². The molecule has 1 aliphatic heterocycles. The van der Waals surface area contributed by atoms with Crippen molar-refractivity contribution in [1.82, 2.24) is 15.1 Å². The summed E-state index contributed by atoms with van der Waals surface area (Å²) in [6.07, 6.45) is 4.29. The van der Waals surface area contributed by atoms with Gasteiger partial charge in [0.1, 0.15) is 5.82 Å².